The molecular weight excluding hydrogens is 264 g/mol. The summed E-state index contributed by atoms with van der Waals surface area (Å²) in [5, 5.41) is 0. The summed E-state index contributed by atoms with van der Waals surface area (Å²) in [6.45, 7) is 4.61. The number of allylic oxidation sites excluding steroid dienone is 8. The van der Waals surface area contributed by atoms with Gasteiger partial charge in [0.15, 0.2) is 0 Å². The second-order valence-electron chi connectivity index (χ2n) is 8.73. The Labute approximate surface area is 135 Å². The van der Waals surface area contributed by atoms with Crippen LogP contribution in [0.4, 0.5) is 0 Å². The fraction of sp³-hybridized carbons (Fsp3) is 0.636. The molecule has 0 heteroatoms. The van der Waals surface area contributed by atoms with Gasteiger partial charge in [-0.1, -0.05) is 47.6 Å². The lowest BCUT2D eigenvalue weighted by Gasteiger charge is -2.22. The lowest BCUT2D eigenvalue weighted by molar-refractivity contribution is 0.384. The first kappa shape index (κ1) is 13.4. The molecule has 0 aliphatic heterocycles. The van der Waals surface area contributed by atoms with Crippen molar-refractivity contribution < 1.29 is 0 Å². The molecule has 6 aliphatic rings. The van der Waals surface area contributed by atoms with Crippen LogP contribution >= 0.6 is 0 Å². The standard InChI is InChI=1S/2C11H14/c1-7-4-10-8-2-3-9(6-8)11(10)5-7;1-7-5-8-6-11(7)10-4-2-3-9(8)10/h2-4,8-11H,5-6H2,1H3;2-3,5,8-11H,4,6H2,1H3. The van der Waals surface area contributed by atoms with Crippen LogP contribution in [0.2, 0.25) is 0 Å². The highest BCUT2D eigenvalue weighted by atomic mass is 14.5. The fourth-order valence-electron chi connectivity index (χ4n) is 6.64. The molecule has 0 heterocycles. The van der Waals surface area contributed by atoms with Gasteiger partial charge in [0, 0.05) is 0 Å². The molecule has 0 radical (unpaired) electrons. The third-order valence-electron chi connectivity index (χ3n) is 7.58. The van der Waals surface area contributed by atoms with Crippen LogP contribution in [0.1, 0.15) is 39.5 Å². The molecule has 0 spiro atoms. The van der Waals surface area contributed by atoms with Gasteiger partial charge in [-0.15, -0.1) is 0 Å². The first-order valence-electron chi connectivity index (χ1n) is 9.41. The van der Waals surface area contributed by atoms with Crippen LogP contribution in [0.3, 0.4) is 0 Å². The second kappa shape index (κ2) is 4.73. The molecule has 0 aromatic heterocycles. The molecule has 22 heavy (non-hydrogen) atoms. The van der Waals surface area contributed by atoms with Gasteiger partial charge in [-0.05, 0) is 86.9 Å². The SMILES string of the molecule is CC1=CC2C3C=CC(C3)C2C1.CC1=CC2CC1C1CC=CC21. The maximum absolute atomic E-state index is 2.53. The van der Waals surface area contributed by atoms with E-state index < -0.39 is 0 Å². The molecule has 8 atom stereocenters. The van der Waals surface area contributed by atoms with Crippen LogP contribution in [-0.2, 0) is 0 Å². The van der Waals surface area contributed by atoms with E-state index in [9.17, 15) is 0 Å². The Kier molecular flexibility index (Phi) is 2.88. The molecule has 116 valence electrons. The quantitative estimate of drug-likeness (QED) is 0.513. The number of hydrogen-bond donors (Lipinski definition) is 0. The van der Waals surface area contributed by atoms with Gasteiger partial charge in [-0.2, -0.15) is 0 Å². The molecule has 0 aromatic carbocycles. The van der Waals surface area contributed by atoms with Crippen molar-refractivity contribution >= 4 is 0 Å². The van der Waals surface area contributed by atoms with Crippen molar-refractivity contribution in [3.05, 3.63) is 47.6 Å². The summed E-state index contributed by atoms with van der Waals surface area (Å²) in [7, 11) is 0. The van der Waals surface area contributed by atoms with Crippen molar-refractivity contribution in [1.82, 2.24) is 0 Å². The topological polar surface area (TPSA) is 0 Å². The summed E-state index contributed by atoms with van der Waals surface area (Å²) in [4.78, 5) is 0. The predicted molar refractivity (Wildman–Crippen MR) is 92.2 cm³/mol. The average Bonchev–Trinajstić information content (AvgIpc) is 3.27. The van der Waals surface area contributed by atoms with E-state index in [1.54, 1.807) is 11.1 Å². The van der Waals surface area contributed by atoms with Crippen molar-refractivity contribution in [2.75, 3.05) is 0 Å². The maximum atomic E-state index is 2.53. The molecular formula is C22H28. The largest absolute Gasteiger partial charge is 0.0879 e. The number of hydrogen-bond acceptors (Lipinski definition) is 0. The highest BCUT2D eigenvalue weighted by molar-refractivity contribution is 5.27. The smallest absolute Gasteiger partial charge is 0.0131 e. The van der Waals surface area contributed by atoms with Crippen LogP contribution in [0.15, 0.2) is 47.6 Å². The lowest BCUT2D eigenvalue weighted by Crippen LogP contribution is -2.15. The third kappa shape index (κ3) is 1.82. The lowest BCUT2D eigenvalue weighted by atomic mass is 9.82. The molecule has 0 saturated heterocycles. The van der Waals surface area contributed by atoms with E-state index >= 15 is 0 Å². The molecule has 0 aromatic rings. The number of rotatable bonds is 0. The molecule has 6 rings (SSSR count). The van der Waals surface area contributed by atoms with Crippen LogP contribution in [0.25, 0.3) is 0 Å². The molecule has 0 amide bonds. The van der Waals surface area contributed by atoms with Gasteiger partial charge in [0.25, 0.3) is 0 Å². The average molecular weight is 292 g/mol. The van der Waals surface area contributed by atoms with Gasteiger partial charge in [-0.3, -0.25) is 0 Å². The summed E-state index contributed by atoms with van der Waals surface area (Å²) in [6.07, 6.45) is 20.5. The third-order valence-corrected chi connectivity index (χ3v) is 7.58. The Bertz CT molecular complexity index is 602. The summed E-state index contributed by atoms with van der Waals surface area (Å²) in [5.74, 6) is 7.62. The van der Waals surface area contributed by atoms with Gasteiger partial charge in [0.1, 0.15) is 0 Å². The zero-order valence-electron chi connectivity index (χ0n) is 13.9. The minimum Gasteiger partial charge on any atom is -0.0879 e. The van der Waals surface area contributed by atoms with E-state index in [-0.39, 0.29) is 0 Å². The number of fused-ring (bicyclic) bond motifs is 10. The summed E-state index contributed by atoms with van der Waals surface area (Å²) < 4.78 is 0. The normalized spacial score (nSPS) is 51.5. The van der Waals surface area contributed by atoms with Crippen molar-refractivity contribution in [3.63, 3.8) is 0 Å². The van der Waals surface area contributed by atoms with Crippen LogP contribution in [0.5, 0.6) is 0 Å². The fourth-order valence-corrected chi connectivity index (χ4v) is 6.64. The van der Waals surface area contributed by atoms with Crippen LogP contribution < -0.4 is 0 Å². The second-order valence-corrected chi connectivity index (χ2v) is 8.73. The zero-order valence-corrected chi connectivity index (χ0v) is 13.9. The Morgan fingerprint density at radius 1 is 0.818 bits per heavy atom. The summed E-state index contributed by atoms with van der Waals surface area (Å²) in [6, 6.07) is 0. The molecule has 2 saturated carbocycles. The van der Waals surface area contributed by atoms with Crippen LogP contribution in [-0.4, -0.2) is 0 Å². The summed E-state index contributed by atoms with van der Waals surface area (Å²) >= 11 is 0. The summed E-state index contributed by atoms with van der Waals surface area (Å²) in [5.41, 5.74) is 3.32. The van der Waals surface area contributed by atoms with E-state index in [2.05, 4.69) is 50.3 Å². The van der Waals surface area contributed by atoms with Crippen LogP contribution in [0, 0.1) is 47.3 Å². The Morgan fingerprint density at radius 2 is 1.68 bits per heavy atom. The highest BCUT2D eigenvalue weighted by Gasteiger charge is 2.47. The van der Waals surface area contributed by atoms with Gasteiger partial charge in [0.2, 0.25) is 0 Å². The van der Waals surface area contributed by atoms with E-state index in [1.807, 2.05) is 0 Å². The minimum absolute atomic E-state index is 0.919. The predicted octanol–water partition coefficient (Wildman–Crippen LogP) is 5.55. The molecule has 2 fully saturated rings. The van der Waals surface area contributed by atoms with Crippen molar-refractivity contribution in [1.29, 1.82) is 0 Å². The minimum atomic E-state index is 0.919. The molecule has 8 unspecified atom stereocenters. The van der Waals surface area contributed by atoms with Crippen molar-refractivity contribution in [3.8, 4) is 0 Å². The Morgan fingerprint density at radius 3 is 2.55 bits per heavy atom. The van der Waals surface area contributed by atoms with Gasteiger partial charge < -0.3 is 0 Å². The van der Waals surface area contributed by atoms with Gasteiger partial charge >= 0.3 is 0 Å². The monoisotopic (exact) mass is 292 g/mol. The Hall–Kier alpha value is -1.04. The molecule has 0 N–H and O–H groups in total. The van der Waals surface area contributed by atoms with Crippen molar-refractivity contribution in [2.45, 2.75) is 39.5 Å². The zero-order chi connectivity index (χ0) is 14.8. The molecule has 0 nitrogen and oxygen atoms in total. The van der Waals surface area contributed by atoms with E-state index in [0.29, 0.717) is 0 Å². The highest BCUT2D eigenvalue weighted by Crippen LogP contribution is 2.55. The maximum Gasteiger partial charge on any atom is -0.0131 e. The Balaban J connectivity index is 0.000000102. The molecule has 6 aliphatic carbocycles. The van der Waals surface area contributed by atoms with E-state index in [1.165, 1.54) is 25.7 Å². The molecule has 4 bridgehead atoms. The van der Waals surface area contributed by atoms with Gasteiger partial charge in [0.05, 0.1) is 0 Å². The van der Waals surface area contributed by atoms with E-state index in [4.69, 9.17) is 0 Å². The first-order valence-corrected chi connectivity index (χ1v) is 9.41. The van der Waals surface area contributed by atoms with E-state index in [0.717, 1.165) is 47.3 Å². The van der Waals surface area contributed by atoms with Crippen molar-refractivity contribution in [2.24, 2.45) is 47.3 Å². The van der Waals surface area contributed by atoms with Gasteiger partial charge in [-0.25, -0.2) is 0 Å². The first-order chi connectivity index (χ1) is 10.7.